The van der Waals surface area contributed by atoms with Crippen LogP contribution in [0.1, 0.15) is 37.4 Å². The van der Waals surface area contributed by atoms with Crippen LogP contribution in [-0.4, -0.2) is 34.6 Å². The summed E-state index contributed by atoms with van der Waals surface area (Å²) in [7, 11) is 0. The van der Waals surface area contributed by atoms with E-state index in [9.17, 15) is 0 Å². The van der Waals surface area contributed by atoms with Crippen molar-refractivity contribution >= 4 is 11.3 Å². The molecule has 0 saturated carbocycles. The van der Waals surface area contributed by atoms with Gasteiger partial charge in [-0.1, -0.05) is 0 Å². The highest BCUT2D eigenvalue weighted by molar-refractivity contribution is 7.09. The summed E-state index contributed by atoms with van der Waals surface area (Å²) >= 11 is 1.73. The van der Waals surface area contributed by atoms with Gasteiger partial charge in [-0.3, -0.25) is 16.2 Å². The molecular formula is C13H24N4S. The number of hydrogen-bond acceptors (Lipinski definition) is 5. The standard InChI is InChI=1S/C13H24N4S/c1-10-9-18-12(15-10)8-11(16-14)13(2,3)17-6-4-5-7-17/h9,11,16H,4-8,14H2,1-3H3. The van der Waals surface area contributed by atoms with Crippen LogP contribution in [0.3, 0.4) is 0 Å². The lowest BCUT2D eigenvalue weighted by Gasteiger charge is -2.41. The molecule has 2 heterocycles. The Morgan fingerprint density at radius 2 is 2.17 bits per heavy atom. The lowest BCUT2D eigenvalue weighted by atomic mass is 9.90. The molecule has 1 fully saturated rings. The molecule has 1 aliphatic heterocycles. The van der Waals surface area contributed by atoms with E-state index in [0.29, 0.717) is 0 Å². The first-order valence-corrected chi connectivity index (χ1v) is 7.54. The lowest BCUT2D eigenvalue weighted by molar-refractivity contribution is 0.106. The number of rotatable bonds is 5. The number of hydrazine groups is 1. The first-order chi connectivity index (χ1) is 8.54. The van der Waals surface area contributed by atoms with Gasteiger partial charge in [-0.25, -0.2) is 4.98 Å². The molecule has 4 nitrogen and oxygen atoms in total. The molecule has 1 unspecified atom stereocenters. The summed E-state index contributed by atoms with van der Waals surface area (Å²) in [6.07, 6.45) is 3.51. The van der Waals surface area contributed by atoms with Crippen molar-refractivity contribution in [3.8, 4) is 0 Å². The van der Waals surface area contributed by atoms with Crippen LogP contribution in [0.5, 0.6) is 0 Å². The molecule has 18 heavy (non-hydrogen) atoms. The SMILES string of the molecule is Cc1csc(CC(NN)C(C)(C)N2CCCC2)n1. The van der Waals surface area contributed by atoms with E-state index in [1.165, 1.54) is 30.9 Å². The summed E-state index contributed by atoms with van der Waals surface area (Å²) in [6, 6.07) is 0.237. The zero-order chi connectivity index (χ0) is 13.2. The summed E-state index contributed by atoms with van der Waals surface area (Å²) in [5.74, 6) is 5.78. The van der Waals surface area contributed by atoms with Gasteiger partial charge in [0.05, 0.1) is 5.01 Å². The Bertz CT molecular complexity index is 382. The fourth-order valence-electron chi connectivity index (χ4n) is 2.70. The molecule has 0 aliphatic carbocycles. The summed E-state index contributed by atoms with van der Waals surface area (Å²) in [5.41, 5.74) is 4.18. The number of thiazole rings is 1. The maximum Gasteiger partial charge on any atom is 0.0944 e. The van der Waals surface area contributed by atoms with Gasteiger partial charge < -0.3 is 0 Å². The number of likely N-dealkylation sites (tertiary alicyclic amines) is 1. The minimum absolute atomic E-state index is 0.0742. The van der Waals surface area contributed by atoms with Gasteiger partial charge in [0, 0.05) is 29.1 Å². The maximum absolute atomic E-state index is 5.78. The van der Waals surface area contributed by atoms with Crippen LogP contribution < -0.4 is 11.3 Å². The molecule has 0 amide bonds. The van der Waals surface area contributed by atoms with Gasteiger partial charge in [0.1, 0.15) is 0 Å². The first kappa shape index (κ1) is 13.9. The van der Waals surface area contributed by atoms with Crippen molar-refractivity contribution in [2.45, 2.75) is 51.6 Å². The van der Waals surface area contributed by atoms with E-state index in [2.05, 4.69) is 34.5 Å². The van der Waals surface area contributed by atoms with Gasteiger partial charge in [-0.2, -0.15) is 0 Å². The number of nitrogens with one attached hydrogen (secondary N) is 1. The molecule has 1 aromatic heterocycles. The second-order valence-corrected chi connectivity index (χ2v) is 6.60. The third kappa shape index (κ3) is 2.91. The summed E-state index contributed by atoms with van der Waals surface area (Å²) in [4.78, 5) is 7.08. The van der Waals surface area contributed by atoms with Crippen molar-refractivity contribution in [1.29, 1.82) is 0 Å². The van der Waals surface area contributed by atoms with Crippen LogP contribution in [-0.2, 0) is 6.42 Å². The molecule has 102 valence electrons. The highest BCUT2D eigenvalue weighted by atomic mass is 32.1. The number of nitrogens with two attached hydrogens (primary N) is 1. The van der Waals surface area contributed by atoms with E-state index in [-0.39, 0.29) is 11.6 Å². The van der Waals surface area contributed by atoms with Crippen LogP contribution in [0.25, 0.3) is 0 Å². The normalized spacial score (nSPS) is 19.3. The lowest BCUT2D eigenvalue weighted by Crippen LogP contribution is -2.59. The van der Waals surface area contributed by atoms with Crippen LogP contribution >= 0.6 is 11.3 Å². The molecule has 1 aromatic rings. The van der Waals surface area contributed by atoms with Gasteiger partial charge in [0.2, 0.25) is 0 Å². The molecule has 0 bridgehead atoms. The Labute approximate surface area is 114 Å². The van der Waals surface area contributed by atoms with Gasteiger partial charge in [0.25, 0.3) is 0 Å². The molecule has 0 radical (unpaired) electrons. The van der Waals surface area contributed by atoms with Gasteiger partial charge in [-0.15, -0.1) is 11.3 Å². The third-order valence-corrected chi connectivity index (χ3v) is 5.01. The van der Waals surface area contributed by atoms with Crippen molar-refractivity contribution in [3.63, 3.8) is 0 Å². The van der Waals surface area contributed by atoms with E-state index in [4.69, 9.17) is 5.84 Å². The quantitative estimate of drug-likeness (QED) is 0.630. The molecule has 1 saturated heterocycles. The smallest absolute Gasteiger partial charge is 0.0944 e. The second kappa shape index (κ2) is 5.65. The average molecular weight is 268 g/mol. The monoisotopic (exact) mass is 268 g/mol. The van der Waals surface area contributed by atoms with Gasteiger partial charge in [-0.05, 0) is 46.7 Å². The maximum atomic E-state index is 5.78. The highest BCUT2D eigenvalue weighted by Gasteiger charge is 2.36. The minimum Gasteiger partial charge on any atom is -0.297 e. The van der Waals surface area contributed by atoms with E-state index in [0.717, 1.165) is 12.1 Å². The summed E-state index contributed by atoms with van der Waals surface area (Å²) in [6.45, 7) is 8.97. The predicted molar refractivity (Wildman–Crippen MR) is 76.6 cm³/mol. The van der Waals surface area contributed by atoms with Gasteiger partial charge in [0.15, 0.2) is 0 Å². The molecule has 1 aliphatic rings. The van der Waals surface area contributed by atoms with Crippen LogP contribution in [0.2, 0.25) is 0 Å². The molecule has 2 rings (SSSR count). The third-order valence-electron chi connectivity index (χ3n) is 4.02. The summed E-state index contributed by atoms with van der Waals surface area (Å²) < 4.78 is 0. The van der Waals surface area contributed by atoms with Crippen molar-refractivity contribution in [3.05, 3.63) is 16.1 Å². The molecule has 3 N–H and O–H groups in total. The zero-order valence-electron chi connectivity index (χ0n) is 11.6. The summed E-state index contributed by atoms with van der Waals surface area (Å²) in [5, 5.41) is 3.27. The Kier molecular flexibility index (Phi) is 4.37. The Morgan fingerprint density at radius 1 is 1.50 bits per heavy atom. The first-order valence-electron chi connectivity index (χ1n) is 6.66. The van der Waals surface area contributed by atoms with Gasteiger partial charge >= 0.3 is 0 Å². The van der Waals surface area contributed by atoms with E-state index in [1.54, 1.807) is 11.3 Å². The average Bonchev–Trinajstić information content (AvgIpc) is 2.96. The number of hydrogen-bond donors (Lipinski definition) is 2. The zero-order valence-corrected chi connectivity index (χ0v) is 12.4. The second-order valence-electron chi connectivity index (χ2n) is 5.65. The van der Waals surface area contributed by atoms with Crippen LogP contribution in [0, 0.1) is 6.92 Å². The molecule has 0 aromatic carbocycles. The minimum atomic E-state index is 0.0742. The Hall–Kier alpha value is -0.490. The fraction of sp³-hybridized carbons (Fsp3) is 0.769. The molecular weight excluding hydrogens is 244 g/mol. The van der Waals surface area contributed by atoms with E-state index >= 15 is 0 Å². The molecule has 0 spiro atoms. The fourth-order valence-corrected chi connectivity index (χ4v) is 3.52. The van der Waals surface area contributed by atoms with Crippen LogP contribution in [0.15, 0.2) is 5.38 Å². The molecule has 1 atom stereocenters. The van der Waals surface area contributed by atoms with E-state index in [1.807, 2.05) is 6.92 Å². The van der Waals surface area contributed by atoms with Crippen molar-refractivity contribution in [1.82, 2.24) is 15.3 Å². The topological polar surface area (TPSA) is 54.2 Å². The van der Waals surface area contributed by atoms with E-state index < -0.39 is 0 Å². The van der Waals surface area contributed by atoms with Crippen molar-refractivity contribution < 1.29 is 0 Å². The Morgan fingerprint density at radius 3 is 2.67 bits per heavy atom. The predicted octanol–water partition coefficient (Wildman–Crippen LogP) is 1.70. The number of nitrogens with zero attached hydrogens (tertiary/aromatic N) is 2. The van der Waals surface area contributed by atoms with Crippen molar-refractivity contribution in [2.75, 3.05) is 13.1 Å². The van der Waals surface area contributed by atoms with Crippen molar-refractivity contribution in [2.24, 2.45) is 5.84 Å². The number of aryl methyl sites for hydroxylation is 1. The molecule has 5 heteroatoms. The largest absolute Gasteiger partial charge is 0.297 e. The Balaban J connectivity index is 2.06. The van der Waals surface area contributed by atoms with Crippen LogP contribution in [0.4, 0.5) is 0 Å². The number of aromatic nitrogens is 1. The highest BCUT2D eigenvalue weighted by Crippen LogP contribution is 2.26.